The van der Waals surface area contributed by atoms with Crippen LogP contribution in [0, 0.1) is 5.41 Å². The monoisotopic (exact) mass is 208 g/mol. The number of ether oxygens (including phenoxy) is 1. The van der Waals surface area contributed by atoms with Crippen LogP contribution in [0.25, 0.3) is 0 Å². The first-order valence-electron chi connectivity index (χ1n) is 5.44. The third-order valence-electron chi connectivity index (χ3n) is 3.51. The lowest BCUT2D eigenvalue weighted by molar-refractivity contribution is -0.139. The summed E-state index contributed by atoms with van der Waals surface area (Å²) in [6, 6.07) is 0. The van der Waals surface area contributed by atoms with Gasteiger partial charge in [0.05, 0.1) is 0 Å². The molecule has 2 nitrogen and oxygen atoms in total. The number of carbonyl (C=O) groups is 1. The van der Waals surface area contributed by atoms with Crippen LogP contribution in [-0.2, 0) is 9.53 Å². The van der Waals surface area contributed by atoms with Gasteiger partial charge in [0.25, 0.3) is 0 Å². The first-order valence-corrected chi connectivity index (χ1v) is 5.44. The van der Waals surface area contributed by atoms with Gasteiger partial charge in [0, 0.05) is 12.3 Å². The lowest BCUT2D eigenvalue weighted by Gasteiger charge is -2.27. The first-order chi connectivity index (χ1) is 6.97. The normalized spacial score (nSPS) is 26.4. The predicted octanol–water partition coefficient (Wildman–Crippen LogP) is 3.24. The summed E-state index contributed by atoms with van der Waals surface area (Å²) >= 11 is 0. The van der Waals surface area contributed by atoms with E-state index < -0.39 is 0 Å². The number of hydrogen-bond acceptors (Lipinski definition) is 2. The summed E-state index contributed by atoms with van der Waals surface area (Å²) in [6.07, 6.45) is 6.63. The van der Waals surface area contributed by atoms with Gasteiger partial charge < -0.3 is 4.74 Å². The zero-order valence-electron chi connectivity index (χ0n) is 10.1. The molecule has 0 aliphatic heterocycles. The van der Waals surface area contributed by atoms with E-state index in [4.69, 9.17) is 4.74 Å². The van der Waals surface area contributed by atoms with Gasteiger partial charge in [-0.15, -0.1) is 0 Å². The van der Waals surface area contributed by atoms with Gasteiger partial charge >= 0.3 is 5.97 Å². The maximum absolute atomic E-state index is 10.6. The molecule has 0 radical (unpaired) electrons. The molecule has 0 aromatic heterocycles. The Morgan fingerprint density at radius 3 is 2.73 bits per heavy atom. The summed E-state index contributed by atoms with van der Waals surface area (Å²) in [6.45, 7) is 8.38. The van der Waals surface area contributed by atoms with E-state index in [0.717, 1.165) is 6.42 Å². The Morgan fingerprint density at radius 1 is 1.60 bits per heavy atom. The molecule has 0 fully saturated rings. The smallest absolute Gasteiger partial charge is 0.302 e. The van der Waals surface area contributed by atoms with Gasteiger partial charge in [0.2, 0.25) is 0 Å². The molecule has 1 rings (SSSR count). The molecule has 1 aliphatic carbocycles. The largest absolute Gasteiger partial charge is 0.462 e. The lowest BCUT2D eigenvalue weighted by Crippen LogP contribution is -2.16. The molecule has 0 N–H and O–H groups in total. The highest BCUT2D eigenvalue weighted by Gasteiger charge is 2.30. The van der Waals surface area contributed by atoms with E-state index in [-0.39, 0.29) is 11.4 Å². The zero-order chi connectivity index (χ0) is 11.5. The third kappa shape index (κ3) is 2.71. The number of allylic oxidation sites excluding steroid dienone is 3. The molecule has 84 valence electrons. The minimum Gasteiger partial charge on any atom is -0.462 e. The third-order valence-corrected chi connectivity index (χ3v) is 3.51. The molecule has 0 saturated heterocycles. The van der Waals surface area contributed by atoms with Crippen LogP contribution in [0.1, 0.15) is 40.5 Å². The summed E-state index contributed by atoms with van der Waals surface area (Å²) in [5.41, 5.74) is 2.91. The highest BCUT2D eigenvalue weighted by molar-refractivity contribution is 5.66. The van der Waals surface area contributed by atoms with Crippen molar-refractivity contribution in [2.24, 2.45) is 5.41 Å². The van der Waals surface area contributed by atoms with Crippen molar-refractivity contribution in [3.05, 3.63) is 23.3 Å². The van der Waals surface area contributed by atoms with Gasteiger partial charge in [0.15, 0.2) is 0 Å². The van der Waals surface area contributed by atoms with Crippen molar-refractivity contribution in [3.8, 4) is 0 Å². The Balaban J connectivity index is 2.63. The van der Waals surface area contributed by atoms with E-state index in [1.54, 1.807) is 0 Å². The lowest BCUT2D eigenvalue weighted by atomic mass is 9.77. The van der Waals surface area contributed by atoms with E-state index in [1.807, 2.05) is 6.08 Å². The highest BCUT2D eigenvalue weighted by atomic mass is 16.5. The van der Waals surface area contributed by atoms with Crippen LogP contribution in [-0.4, -0.2) is 12.6 Å². The molecule has 0 amide bonds. The average Bonchev–Trinajstić information content (AvgIpc) is 2.47. The van der Waals surface area contributed by atoms with Crippen molar-refractivity contribution in [2.75, 3.05) is 6.61 Å². The number of hydrogen-bond donors (Lipinski definition) is 0. The molecule has 0 spiro atoms. The van der Waals surface area contributed by atoms with Gasteiger partial charge in [-0.25, -0.2) is 0 Å². The average molecular weight is 208 g/mol. The maximum atomic E-state index is 10.6. The van der Waals surface area contributed by atoms with Crippen LogP contribution in [0.4, 0.5) is 0 Å². The quantitative estimate of drug-likeness (QED) is 0.525. The molecule has 0 saturated carbocycles. The topological polar surface area (TPSA) is 26.3 Å². The summed E-state index contributed by atoms with van der Waals surface area (Å²) in [5.74, 6) is -0.220. The Hall–Kier alpha value is -1.05. The van der Waals surface area contributed by atoms with Crippen molar-refractivity contribution >= 4 is 5.97 Å². The van der Waals surface area contributed by atoms with Crippen molar-refractivity contribution in [1.82, 2.24) is 0 Å². The Kier molecular flexibility index (Phi) is 3.72. The second kappa shape index (κ2) is 4.65. The summed E-state index contributed by atoms with van der Waals surface area (Å²) in [5, 5.41) is 0. The van der Waals surface area contributed by atoms with Crippen LogP contribution in [0.5, 0.6) is 0 Å². The fraction of sp³-hybridized carbons (Fsp3) is 0.615. The summed E-state index contributed by atoms with van der Waals surface area (Å²) in [4.78, 5) is 10.6. The van der Waals surface area contributed by atoms with Gasteiger partial charge in [-0.05, 0) is 32.8 Å². The molecule has 15 heavy (non-hydrogen) atoms. The molecule has 1 unspecified atom stereocenters. The SMILES string of the molecule is CC(=O)OCC=C(C)C1(C)CCC=C1C. The number of rotatable bonds is 3. The highest BCUT2D eigenvalue weighted by Crippen LogP contribution is 2.44. The number of esters is 1. The van der Waals surface area contributed by atoms with E-state index in [0.29, 0.717) is 6.61 Å². The molecule has 2 heteroatoms. The molecule has 1 aliphatic rings. The fourth-order valence-corrected chi connectivity index (χ4v) is 2.02. The minimum absolute atomic E-state index is 0.181. The van der Waals surface area contributed by atoms with Crippen LogP contribution in [0.3, 0.4) is 0 Å². The molecule has 0 heterocycles. The maximum Gasteiger partial charge on any atom is 0.302 e. The standard InChI is InChI=1S/C13H20O2/c1-10-6-5-8-13(10,4)11(2)7-9-15-12(3)14/h6-7H,5,8-9H2,1-4H3. The zero-order valence-corrected chi connectivity index (χ0v) is 10.1. The van der Waals surface area contributed by atoms with Crippen LogP contribution >= 0.6 is 0 Å². The van der Waals surface area contributed by atoms with Crippen molar-refractivity contribution in [3.63, 3.8) is 0 Å². The molecular formula is C13H20O2. The number of carbonyl (C=O) groups excluding carboxylic acids is 1. The molecular weight excluding hydrogens is 188 g/mol. The van der Waals surface area contributed by atoms with Gasteiger partial charge in [-0.1, -0.05) is 24.1 Å². The molecule has 0 aromatic rings. The molecule has 0 aromatic carbocycles. The minimum atomic E-state index is -0.220. The Bertz CT molecular complexity index is 312. The van der Waals surface area contributed by atoms with E-state index in [9.17, 15) is 4.79 Å². The van der Waals surface area contributed by atoms with Crippen molar-refractivity contribution in [1.29, 1.82) is 0 Å². The van der Waals surface area contributed by atoms with E-state index >= 15 is 0 Å². The van der Waals surface area contributed by atoms with Gasteiger partial charge in [0.1, 0.15) is 6.61 Å². The van der Waals surface area contributed by atoms with E-state index in [1.165, 1.54) is 24.5 Å². The Morgan fingerprint density at radius 2 is 2.27 bits per heavy atom. The summed E-state index contributed by atoms with van der Waals surface area (Å²) < 4.78 is 4.92. The second-order valence-electron chi connectivity index (χ2n) is 4.45. The van der Waals surface area contributed by atoms with Crippen LogP contribution in [0.2, 0.25) is 0 Å². The second-order valence-corrected chi connectivity index (χ2v) is 4.45. The first kappa shape index (κ1) is 12.0. The molecule has 1 atom stereocenters. The predicted molar refractivity (Wildman–Crippen MR) is 61.5 cm³/mol. The van der Waals surface area contributed by atoms with Crippen molar-refractivity contribution in [2.45, 2.75) is 40.5 Å². The Labute approximate surface area is 92.0 Å². The van der Waals surface area contributed by atoms with Crippen LogP contribution < -0.4 is 0 Å². The molecule has 0 bridgehead atoms. The van der Waals surface area contributed by atoms with Gasteiger partial charge in [-0.2, -0.15) is 0 Å². The summed E-state index contributed by atoms with van der Waals surface area (Å²) in [7, 11) is 0. The van der Waals surface area contributed by atoms with Crippen LogP contribution in [0.15, 0.2) is 23.3 Å². The fourth-order valence-electron chi connectivity index (χ4n) is 2.02. The van der Waals surface area contributed by atoms with Crippen molar-refractivity contribution < 1.29 is 9.53 Å². The van der Waals surface area contributed by atoms with E-state index in [2.05, 4.69) is 26.8 Å². The van der Waals surface area contributed by atoms with Gasteiger partial charge in [-0.3, -0.25) is 4.79 Å².